The van der Waals surface area contributed by atoms with Crippen molar-refractivity contribution in [3.05, 3.63) is 47.5 Å². The van der Waals surface area contributed by atoms with Gasteiger partial charge in [-0.3, -0.25) is 0 Å². The van der Waals surface area contributed by atoms with E-state index in [1.54, 1.807) is 24.3 Å². The molecule has 0 aliphatic heterocycles. The summed E-state index contributed by atoms with van der Waals surface area (Å²) in [5, 5.41) is 20.3. The van der Waals surface area contributed by atoms with E-state index in [-0.39, 0.29) is 0 Å². The van der Waals surface area contributed by atoms with Crippen LogP contribution in [0.15, 0.2) is 36.4 Å². The van der Waals surface area contributed by atoms with E-state index in [1.165, 1.54) is 51.4 Å². The van der Waals surface area contributed by atoms with E-state index in [0.29, 0.717) is 11.5 Å². The Balaban J connectivity index is 1.94. The van der Waals surface area contributed by atoms with Gasteiger partial charge >= 0.3 is 0 Å². The third-order valence-corrected chi connectivity index (χ3v) is 5.44. The van der Waals surface area contributed by atoms with Crippen LogP contribution in [0.5, 0.6) is 23.0 Å². The summed E-state index contributed by atoms with van der Waals surface area (Å²) in [6, 6.07) is 10.9. The van der Waals surface area contributed by atoms with Crippen molar-refractivity contribution in [2.24, 2.45) is 0 Å². The molecule has 2 rings (SSSR count). The molecule has 0 spiro atoms. The van der Waals surface area contributed by atoms with Crippen LogP contribution in [0.4, 0.5) is 0 Å². The highest BCUT2D eigenvalue weighted by Gasteiger charge is 2.08. The van der Waals surface area contributed by atoms with Gasteiger partial charge in [-0.25, -0.2) is 0 Å². The van der Waals surface area contributed by atoms with Crippen LogP contribution < -0.4 is 4.74 Å². The maximum Gasteiger partial charge on any atom is 0.127 e. The Bertz CT molecular complexity index is 662. The molecule has 0 bridgehead atoms. The Kier molecular flexibility index (Phi) is 10.5. The van der Waals surface area contributed by atoms with Crippen molar-refractivity contribution >= 4 is 0 Å². The number of aromatic hydroxyl groups is 2. The van der Waals surface area contributed by atoms with Crippen molar-refractivity contribution in [3.8, 4) is 23.0 Å². The van der Waals surface area contributed by atoms with Gasteiger partial charge in [0.05, 0.1) is 0 Å². The van der Waals surface area contributed by atoms with Gasteiger partial charge in [0.15, 0.2) is 0 Å². The van der Waals surface area contributed by atoms with Crippen LogP contribution in [0.1, 0.15) is 89.2 Å². The van der Waals surface area contributed by atoms with Crippen molar-refractivity contribution < 1.29 is 14.9 Å². The largest absolute Gasteiger partial charge is 0.508 e. The van der Waals surface area contributed by atoms with Crippen molar-refractivity contribution in [2.45, 2.75) is 90.9 Å². The molecule has 0 fully saturated rings. The normalized spacial score (nSPS) is 11.0. The number of aryl methyl sites for hydroxylation is 2. The molecule has 0 atom stereocenters. The molecule has 160 valence electrons. The van der Waals surface area contributed by atoms with E-state index in [4.69, 9.17) is 4.74 Å². The van der Waals surface area contributed by atoms with Gasteiger partial charge in [0.25, 0.3) is 0 Å². The molecular weight excluding hydrogens is 360 g/mol. The fraction of sp³-hybridized carbons (Fsp3) is 0.538. The minimum atomic E-state index is 0.339. The quantitative estimate of drug-likeness (QED) is 0.318. The van der Waals surface area contributed by atoms with Crippen molar-refractivity contribution in [3.63, 3.8) is 0 Å². The lowest BCUT2D eigenvalue weighted by atomic mass is 10.0. The van der Waals surface area contributed by atoms with Gasteiger partial charge in [0.2, 0.25) is 0 Å². The van der Waals surface area contributed by atoms with Crippen molar-refractivity contribution in [1.82, 2.24) is 0 Å². The minimum Gasteiger partial charge on any atom is -0.508 e. The second kappa shape index (κ2) is 13.1. The molecule has 0 radical (unpaired) electrons. The van der Waals surface area contributed by atoms with Crippen molar-refractivity contribution in [1.29, 1.82) is 0 Å². The van der Waals surface area contributed by atoms with Gasteiger partial charge in [-0.15, -0.1) is 0 Å². The summed E-state index contributed by atoms with van der Waals surface area (Å²) >= 11 is 0. The molecule has 3 heteroatoms. The summed E-state index contributed by atoms with van der Waals surface area (Å²) in [5.41, 5.74) is 1.88. The molecule has 29 heavy (non-hydrogen) atoms. The third kappa shape index (κ3) is 8.39. The second-order valence-corrected chi connectivity index (χ2v) is 8.01. The Morgan fingerprint density at radius 3 is 1.41 bits per heavy atom. The van der Waals surface area contributed by atoms with Gasteiger partial charge in [0, 0.05) is 0 Å². The lowest BCUT2D eigenvalue weighted by Gasteiger charge is -2.12. The zero-order valence-corrected chi connectivity index (χ0v) is 18.3. The summed E-state index contributed by atoms with van der Waals surface area (Å²) < 4.78 is 6.04. The minimum absolute atomic E-state index is 0.339. The SMILES string of the molecule is CCCCCCCc1cc(Oc2ccc(O)c(CCCCCCC)c2)ccc1O. The lowest BCUT2D eigenvalue weighted by Crippen LogP contribution is -1.92. The average Bonchev–Trinajstić information content (AvgIpc) is 2.72. The summed E-state index contributed by atoms with van der Waals surface area (Å²) in [6.45, 7) is 4.43. The fourth-order valence-corrected chi connectivity index (χ4v) is 3.63. The molecule has 3 nitrogen and oxygen atoms in total. The first-order chi connectivity index (χ1) is 14.1. The van der Waals surface area contributed by atoms with Gasteiger partial charge in [-0.05, 0) is 73.2 Å². The molecule has 0 saturated heterocycles. The van der Waals surface area contributed by atoms with Crippen LogP contribution in [-0.4, -0.2) is 10.2 Å². The number of ether oxygens (including phenoxy) is 1. The number of phenols is 2. The molecule has 0 aromatic heterocycles. The number of benzene rings is 2. The monoisotopic (exact) mass is 398 g/mol. The molecule has 0 unspecified atom stereocenters. The van der Waals surface area contributed by atoms with Gasteiger partial charge < -0.3 is 14.9 Å². The summed E-state index contributed by atoms with van der Waals surface area (Å²) in [5.74, 6) is 2.13. The van der Waals surface area contributed by atoms with Crippen LogP contribution in [0.3, 0.4) is 0 Å². The highest BCUT2D eigenvalue weighted by Crippen LogP contribution is 2.31. The van der Waals surface area contributed by atoms with E-state index >= 15 is 0 Å². The third-order valence-electron chi connectivity index (χ3n) is 5.44. The molecule has 0 aliphatic rings. The van der Waals surface area contributed by atoms with E-state index in [9.17, 15) is 10.2 Å². The number of hydrogen-bond donors (Lipinski definition) is 2. The summed E-state index contributed by atoms with van der Waals surface area (Å²) in [6.07, 6.45) is 13.8. The van der Waals surface area contributed by atoms with Gasteiger partial charge in [0.1, 0.15) is 23.0 Å². The molecule has 0 aliphatic carbocycles. The number of rotatable bonds is 14. The van der Waals surface area contributed by atoms with Gasteiger partial charge in [-0.1, -0.05) is 65.2 Å². The molecule has 2 aromatic carbocycles. The fourth-order valence-electron chi connectivity index (χ4n) is 3.63. The average molecular weight is 399 g/mol. The highest BCUT2D eigenvalue weighted by molar-refractivity contribution is 5.44. The first-order valence-electron chi connectivity index (χ1n) is 11.5. The van der Waals surface area contributed by atoms with E-state index in [1.807, 2.05) is 12.1 Å². The van der Waals surface area contributed by atoms with Crippen LogP contribution in [0.2, 0.25) is 0 Å². The number of unbranched alkanes of at least 4 members (excludes halogenated alkanes) is 8. The van der Waals surface area contributed by atoms with E-state index in [2.05, 4.69) is 13.8 Å². The zero-order valence-electron chi connectivity index (χ0n) is 18.3. The Morgan fingerprint density at radius 1 is 0.586 bits per heavy atom. The molecule has 0 heterocycles. The first-order valence-corrected chi connectivity index (χ1v) is 11.5. The van der Waals surface area contributed by atoms with E-state index < -0.39 is 0 Å². The maximum atomic E-state index is 10.2. The second-order valence-electron chi connectivity index (χ2n) is 8.01. The Labute approximate surface area is 176 Å². The van der Waals surface area contributed by atoms with Crippen LogP contribution >= 0.6 is 0 Å². The van der Waals surface area contributed by atoms with Crippen molar-refractivity contribution in [2.75, 3.05) is 0 Å². The molecule has 0 amide bonds. The Hall–Kier alpha value is -2.16. The highest BCUT2D eigenvalue weighted by atomic mass is 16.5. The summed E-state index contributed by atoms with van der Waals surface area (Å²) in [7, 11) is 0. The standard InChI is InChI=1S/C26H38O3/c1-3-5-7-9-11-13-21-19-23(15-17-25(21)27)29-24-16-18-26(28)22(20-24)14-12-10-8-6-4-2/h15-20,27-28H,3-14H2,1-2H3. The van der Waals surface area contributed by atoms with Crippen LogP contribution in [-0.2, 0) is 12.8 Å². The molecule has 2 aromatic rings. The lowest BCUT2D eigenvalue weighted by molar-refractivity contribution is 0.450. The maximum absolute atomic E-state index is 10.2. The van der Waals surface area contributed by atoms with Crippen LogP contribution in [0.25, 0.3) is 0 Å². The van der Waals surface area contributed by atoms with E-state index in [0.717, 1.165) is 48.3 Å². The number of hydrogen-bond acceptors (Lipinski definition) is 3. The predicted octanol–water partition coefficient (Wildman–Crippen LogP) is 7.92. The predicted molar refractivity (Wildman–Crippen MR) is 121 cm³/mol. The zero-order chi connectivity index (χ0) is 20.9. The van der Waals surface area contributed by atoms with Gasteiger partial charge in [-0.2, -0.15) is 0 Å². The topological polar surface area (TPSA) is 49.7 Å². The smallest absolute Gasteiger partial charge is 0.127 e. The molecule has 2 N–H and O–H groups in total. The molecular formula is C26H38O3. The van der Waals surface area contributed by atoms with Crippen LogP contribution in [0, 0.1) is 0 Å². The molecule has 0 saturated carbocycles. The number of phenolic OH excluding ortho intramolecular Hbond substituents is 2. The first kappa shape index (κ1) is 23.1. The summed E-state index contributed by atoms with van der Waals surface area (Å²) in [4.78, 5) is 0. The Morgan fingerprint density at radius 2 is 1.00 bits per heavy atom.